The summed E-state index contributed by atoms with van der Waals surface area (Å²) in [5.41, 5.74) is 0. The van der Waals surface area contributed by atoms with Gasteiger partial charge in [0.05, 0.1) is 12.2 Å². The summed E-state index contributed by atoms with van der Waals surface area (Å²) < 4.78 is 4.90. The molecule has 54 valence electrons. The molecule has 1 unspecified atom stereocenters. The summed E-state index contributed by atoms with van der Waals surface area (Å²) in [5.74, 6) is 0. The van der Waals surface area contributed by atoms with Gasteiger partial charge in [-0.1, -0.05) is 0 Å². The molecular formula is C6H12O3. The zero-order valence-corrected chi connectivity index (χ0v) is 5.45. The van der Waals surface area contributed by atoms with Crippen molar-refractivity contribution in [2.45, 2.75) is 38.3 Å². The summed E-state index contributed by atoms with van der Waals surface area (Å²) >= 11 is 0. The standard InChI is InChI=1S/C6H12O3/c1-4-5(7)2-3-6(8)9-4/h4-8H,2-3H2,1H3/t4?,5-,6-/m1/s1. The van der Waals surface area contributed by atoms with Gasteiger partial charge in [0.1, 0.15) is 0 Å². The average molecular weight is 132 g/mol. The van der Waals surface area contributed by atoms with Gasteiger partial charge in [-0.25, -0.2) is 0 Å². The van der Waals surface area contributed by atoms with Crippen LogP contribution >= 0.6 is 0 Å². The van der Waals surface area contributed by atoms with Gasteiger partial charge in [-0.2, -0.15) is 0 Å². The van der Waals surface area contributed by atoms with E-state index in [1.165, 1.54) is 0 Å². The van der Waals surface area contributed by atoms with Gasteiger partial charge < -0.3 is 14.9 Å². The zero-order valence-electron chi connectivity index (χ0n) is 5.45. The van der Waals surface area contributed by atoms with Crippen LogP contribution in [0.1, 0.15) is 19.8 Å². The molecule has 9 heavy (non-hydrogen) atoms. The quantitative estimate of drug-likeness (QED) is 0.482. The highest BCUT2D eigenvalue weighted by Gasteiger charge is 2.24. The Morgan fingerprint density at radius 2 is 2.00 bits per heavy atom. The minimum Gasteiger partial charge on any atom is -0.390 e. The fraction of sp³-hybridized carbons (Fsp3) is 1.00. The molecular weight excluding hydrogens is 120 g/mol. The fourth-order valence-electron chi connectivity index (χ4n) is 0.955. The van der Waals surface area contributed by atoms with E-state index in [0.29, 0.717) is 12.8 Å². The van der Waals surface area contributed by atoms with Crippen molar-refractivity contribution in [1.82, 2.24) is 0 Å². The number of hydrogen-bond acceptors (Lipinski definition) is 3. The second kappa shape index (κ2) is 2.64. The maximum atomic E-state index is 9.06. The lowest BCUT2D eigenvalue weighted by Crippen LogP contribution is -2.36. The third-order valence-electron chi connectivity index (χ3n) is 1.62. The normalized spacial score (nSPS) is 45.0. The summed E-state index contributed by atoms with van der Waals surface area (Å²) in [6.07, 6.45) is -0.0843. The Labute approximate surface area is 54.3 Å². The third kappa shape index (κ3) is 1.64. The van der Waals surface area contributed by atoms with Gasteiger partial charge in [0.25, 0.3) is 0 Å². The molecule has 1 aliphatic rings. The first kappa shape index (κ1) is 6.99. The van der Waals surface area contributed by atoms with Crippen LogP contribution in [-0.2, 0) is 4.74 Å². The van der Waals surface area contributed by atoms with Gasteiger partial charge in [-0.3, -0.25) is 0 Å². The lowest BCUT2D eigenvalue weighted by Gasteiger charge is -2.28. The van der Waals surface area contributed by atoms with Crippen LogP contribution in [0.4, 0.5) is 0 Å². The molecule has 1 heterocycles. The van der Waals surface area contributed by atoms with Gasteiger partial charge in [-0.15, -0.1) is 0 Å². The van der Waals surface area contributed by atoms with E-state index in [0.717, 1.165) is 0 Å². The number of aliphatic hydroxyl groups is 2. The Bertz CT molecular complexity index is 94.3. The molecule has 3 heteroatoms. The van der Waals surface area contributed by atoms with Crippen LogP contribution < -0.4 is 0 Å². The molecule has 3 nitrogen and oxygen atoms in total. The van der Waals surface area contributed by atoms with Crippen LogP contribution in [0.3, 0.4) is 0 Å². The summed E-state index contributed by atoms with van der Waals surface area (Å²) in [6, 6.07) is 0. The number of hydrogen-bond donors (Lipinski definition) is 2. The summed E-state index contributed by atoms with van der Waals surface area (Å²) in [7, 11) is 0. The largest absolute Gasteiger partial charge is 0.390 e. The molecule has 0 aromatic heterocycles. The molecule has 0 bridgehead atoms. The first-order valence-corrected chi connectivity index (χ1v) is 3.21. The van der Waals surface area contributed by atoms with E-state index in [1.54, 1.807) is 6.92 Å². The monoisotopic (exact) mass is 132 g/mol. The SMILES string of the molecule is CC1O[C@@H](O)CC[C@H]1O. The number of aliphatic hydroxyl groups excluding tert-OH is 2. The van der Waals surface area contributed by atoms with Crippen molar-refractivity contribution in [2.24, 2.45) is 0 Å². The summed E-state index contributed by atoms with van der Waals surface area (Å²) in [4.78, 5) is 0. The average Bonchev–Trinajstić information content (AvgIpc) is 1.80. The van der Waals surface area contributed by atoms with Gasteiger partial charge in [-0.05, 0) is 13.3 Å². The van der Waals surface area contributed by atoms with E-state index in [1.807, 2.05) is 0 Å². The van der Waals surface area contributed by atoms with Crippen molar-refractivity contribution in [3.63, 3.8) is 0 Å². The second-order valence-corrected chi connectivity index (χ2v) is 2.44. The molecule has 1 aliphatic heterocycles. The Morgan fingerprint density at radius 1 is 1.33 bits per heavy atom. The van der Waals surface area contributed by atoms with Crippen LogP contribution in [-0.4, -0.2) is 28.7 Å². The highest BCUT2D eigenvalue weighted by molar-refractivity contribution is 4.69. The Hall–Kier alpha value is -0.120. The maximum absolute atomic E-state index is 9.06. The lowest BCUT2D eigenvalue weighted by molar-refractivity contribution is -0.192. The van der Waals surface area contributed by atoms with Gasteiger partial charge in [0.2, 0.25) is 0 Å². The predicted octanol–water partition coefficient (Wildman–Crippen LogP) is -0.135. The van der Waals surface area contributed by atoms with Crippen molar-refractivity contribution in [3.8, 4) is 0 Å². The highest BCUT2D eigenvalue weighted by atomic mass is 16.6. The number of rotatable bonds is 0. The first-order valence-electron chi connectivity index (χ1n) is 3.21. The van der Waals surface area contributed by atoms with Gasteiger partial charge >= 0.3 is 0 Å². The zero-order chi connectivity index (χ0) is 6.85. The molecule has 0 aromatic carbocycles. The minimum atomic E-state index is -0.664. The Kier molecular flexibility index (Phi) is 2.05. The predicted molar refractivity (Wildman–Crippen MR) is 31.8 cm³/mol. The van der Waals surface area contributed by atoms with Crippen molar-refractivity contribution >= 4 is 0 Å². The van der Waals surface area contributed by atoms with E-state index in [-0.39, 0.29) is 6.10 Å². The second-order valence-electron chi connectivity index (χ2n) is 2.44. The molecule has 0 saturated carbocycles. The van der Waals surface area contributed by atoms with Crippen LogP contribution in [0.2, 0.25) is 0 Å². The van der Waals surface area contributed by atoms with Crippen LogP contribution in [0.5, 0.6) is 0 Å². The topological polar surface area (TPSA) is 49.7 Å². The fourth-order valence-corrected chi connectivity index (χ4v) is 0.955. The lowest BCUT2D eigenvalue weighted by atomic mass is 10.1. The molecule has 1 saturated heterocycles. The molecule has 2 N–H and O–H groups in total. The van der Waals surface area contributed by atoms with Crippen molar-refractivity contribution in [1.29, 1.82) is 0 Å². The van der Waals surface area contributed by atoms with Crippen LogP contribution in [0.15, 0.2) is 0 Å². The van der Waals surface area contributed by atoms with E-state index in [4.69, 9.17) is 14.9 Å². The first-order chi connectivity index (χ1) is 4.20. The van der Waals surface area contributed by atoms with Crippen molar-refractivity contribution in [3.05, 3.63) is 0 Å². The smallest absolute Gasteiger partial charge is 0.155 e. The molecule has 3 atom stereocenters. The Balaban J connectivity index is 2.35. The summed E-state index contributed by atoms with van der Waals surface area (Å²) in [6.45, 7) is 1.76. The van der Waals surface area contributed by atoms with E-state index in [2.05, 4.69) is 0 Å². The number of ether oxygens (including phenoxy) is 1. The molecule has 0 amide bonds. The van der Waals surface area contributed by atoms with Gasteiger partial charge in [0.15, 0.2) is 6.29 Å². The van der Waals surface area contributed by atoms with Crippen LogP contribution in [0, 0.1) is 0 Å². The van der Waals surface area contributed by atoms with E-state index >= 15 is 0 Å². The molecule has 0 spiro atoms. The van der Waals surface area contributed by atoms with Crippen molar-refractivity contribution in [2.75, 3.05) is 0 Å². The summed E-state index contributed by atoms with van der Waals surface area (Å²) in [5, 5.41) is 17.9. The van der Waals surface area contributed by atoms with E-state index in [9.17, 15) is 0 Å². The third-order valence-corrected chi connectivity index (χ3v) is 1.62. The molecule has 0 radical (unpaired) electrons. The molecule has 1 fully saturated rings. The van der Waals surface area contributed by atoms with E-state index < -0.39 is 12.4 Å². The Morgan fingerprint density at radius 3 is 2.44 bits per heavy atom. The highest BCUT2D eigenvalue weighted by Crippen LogP contribution is 2.16. The van der Waals surface area contributed by atoms with Crippen LogP contribution in [0.25, 0.3) is 0 Å². The maximum Gasteiger partial charge on any atom is 0.155 e. The molecule has 0 aromatic rings. The van der Waals surface area contributed by atoms with Crippen molar-refractivity contribution < 1.29 is 14.9 Å². The molecule has 0 aliphatic carbocycles. The minimum absolute atomic E-state index is 0.214. The molecule has 1 rings (SSSR count). The van der Waals surface area contributed by atoms with Gasteiger partial charge in [0, 0.05) is 6.42 Å².